The largest absolute Gasteiger partial charge is 0.293 e. The Morgan fingerprint density at radius 3 is 2.76 bits per heavy atom. The van der Waals surface area contributed by atoms with Crippen molar-refractivity contribution in [3.8, 4) is 0 Å². The Morgan fingerprint density at radius 1 is 1.41 bits per heavy atom. The Hall–Kier alpha value is -1.12. The molecule has 1 aliphatic rings. The third-order valence-corrected chi connectivity index (χ3v) is 3.85. The fourth-order valence-electron chi connectivity index (χ4n) is 2.74. The van der Waals surface area contributed by atoms with Gasteiger partial charge in [0.1, 0.15) is 0 Å². The lowest BCUT2D eigenvalue weighted by atomic mass is 9.71. The molecule has 0 radical (unpaired) electrons. The highest BCUT2D eigenvalue weighted by Crippen LogP contribution is 2.38. The fourth-order valence-corrected chi connectivity index (χ4v) is 2.74. The Balaban J connectivity index is 2.12. The highest BCUT2D eigenvalue weighted by Gasteiger charge is 2.35. The molecule has 0 unspecified atom stereocenters. The van der Waals surface area contributed by atoms with E-state index in [1.807, 2.05) is 10.9 Å². The van der Waals surface area contributed by atoms with Crippen LogP contribution in [0.15, 0.2) is 12.4 Å². The number of Topliss-reactive ketones (excluding diaryl/α,β-unsaturated/α-hetero) is 1. The molecule has 1 aromatic rings. The van der Waals surface area contributed by atoms with Crippen LogP contribution in [-0.2, 0) is 6.54 Å². The van der Waals surface area contributed by atoms with E-state index in [2.05, 4.69) is 18.9 Å². The molecule has 2 rings (SSSR count). The molecule has 0 atom stereocenters. The summed E-state index contributed by atoms with van der Waals surface area (Å²) in [5.74, 6) is 0.291. The van der Waals surface area contributed by atoms with Crippen LogP contribution in [0.4, 0.5) is 0 Å². The molecule has 1 fully saturated rings. The van der Waals surface area contributed by atoms with Gasteiger partial charge in [-0.15, -0.1) is 0 Å². The summed E-state index contributed by atoms with van der Waals surface area (Å²) in [5, 5.41) is 4.25. The number of hydrogen-bond acceptors (Lipinski definition) is 2. The topological polar surface area (TPSA) is 34.9 Å². The summed E-state index contributed by atoms with van der Waals surface area (Å²) in [4.78, 5) is 12.5. The fraction of sp³-hybridized carbons (Fsp3) is 0.714. The van der Waals surface area contributed by atoms with Crippen molar-refractivity contribution in [1.29, 1.82) is 0 Å². The Labute approximate surface area is 103 Å². The molecule has 0 aliphatic heterocycles. The molecule has 0 amide bonds. The SMILES string of the molecule is CCCn1cc(C(=O)C2(C)CCCCC2)cn1. The molecule has 94 valence electrons. The van der Waals surface area contributed by atoms with E-state index in [1.54, 1.807) is 6.20 Å². The van der Waals surface area contributed by atoms with E-state index in [0.29, 0.717) is 5.78 Å². The molecule has 3 heteroatoms. The van der Waals surface area contributed by atoms with Gasteiger partial charge in [-0.25, -0.2) is 0 Å². The van der Waals surface area contributed by atoms with E-state index in [-0.39, 0.29) is 5.41 Å². The molecule has 0 saturated heterocycles. The molecule has 0 spiro atoms. The van der Waals surface area contributed by atoms with Crippen LogP contribution in [0, 0.1) is 5.41 Å². The van der Waals surface area contributed by atoms with Crippen molar-refractivity contribution >= 4 is 5.78 Å². The summed E-state index contributed by atoms with van der Waals surface area (Å²) in [5.41, 5.74) is 0.654. The van der Waals surface area contributed by atoms with Crippen molar-refractivity contribution in [3.05, 3.63) is 18.0 Å². The first-order valence-electron chi connectivity index (χ1n) is 6.73. The molecule has 3 nitrogen and oxygen atoms in total. The predicted octanol–water partition coefficient (Wildman–Crippen LogP) is 3.45. The second-order valence-corrected chi connectivity index (χ2v) is 5.44. The standard InChI is InChI=1S/C14H22N2O/c1-3-9-16-11-12(10-15-16)13(17)14(2)7-5-4-6-8-14/h10-11H,3-9H2,1-2H3. The number of hydrogen-bond donors (Lipinski definition) is 0. The van der Waals surface area contributed by atoms with Crippen LogP contribution in [0.25, 0.3) is 0 Å². The zero-order valence-electron chi connectivity index (χ0n) is 10.9. The monoisotopic (exact) mass is 234 g/mol. The predicted molar refractivity (Wildman–Crippen MR) is 68.0 cm³/mol. The van der Waals surface area contributed by atoms with Crippen LogP contribution in [0.2, 0.25) is 0 Å². The highest BCUT2D eigenvalue weighted by atomic mass is 16.1. The number of carbonyl (C=O) groups excluding carboxylic acids is 1. The average Bonchev–Trinajstić information content (AvgIpc) is 2.78. The average molecular weight is 234 g/mol. The first-order chi connectivity index (χ1) is 8.15. The lowest BCUT2D eigenvalue weighted by molar-refractivity contribution is 0.0749. The van der Waals surface area contributed by atoms with E-state index in [9.17, 15) is 4.79 Å². The van der Waals surface area contributed by atoms with Gasteiger partial charge >= 0.3 is 0 Å². The van der Waals surface area contributed by atoms with Crippen molar-refractivity contribution in [1.82, 2.24) is 9.78 Å². The summed E-state index contributed by atoms with van der Waals surface area (Å²) in [6, 6.07) is 0. The number of nitrogens with zero attached hydrogens (tertiary/aromatic N) is 2. The van der Waals surface area contributed by atoms with Crippen LogP contribution in [0.5, 0.6) is 0 Å². The van der Waals surface area contributed by atoms with Crippen molar-refractivity contribution in [2.45, 2.75) is 58.9 Å². The van der Waals surface area contributed by atoms with Crippen LogP contribution >= 0.6 is 0 Å². The van der Waals surface area contributed by atoms with Gasteiger partial charge in [-0.05, 0) is 19.3 Å². The zero-order valence-corrected chi connectivity index (χ0v) is 10.9. The quantitative estimate of drug-likeness (QED) is 0.748. The van der Waals surface area contributed by atoms with E-state index in [1.165, 1.54) is 19.3 Å². The summed E-state index contributed by atoms with van der Waals surface area (Å²) in [6.45, 7) is 5.13. The maximum atomic E-state index is 12.5. The van der Waals surface area contributed by atoms with E-state index >= 15 is 0 Å². The first-order valence-corrected chi connectivity index (χ1v) is 6.73. The number of aromatic nitrogens is 2. The van der Waals surface area contributed by atoms with Crippen LogP contribution in [0.1, 0.15) is 62.7 Å². The number of rotatable bonds is 4. The third-order valence-electron chi connectivity index (χ3n) is 3.85. The van der Waals surface area contributed by atoms with Gasteiger partial charge in [-0.2, -0.15) is 5.10 Å². The van der Waals surface area contributed by atoms with Crippen molar-refractivity contribution in [3.63, 3.8) is 0 Å². The maximum Gasteiger partial charge on any atom is 0.171 e. The Morgan fingerprint density at radius 2 is 2.12 bits per heavy atom. The Kier molecular flexibility index (Phi) is 3.65. The number of carbonyl (C=O) groups is 1. The number of aryl methyl sites for hydroxylation is 1. The minimum absolute atomic E-state index is 0.141. The van der Waals surface area contributed by atoms with E-state index < -0.39 is 0 Å². The maximum absolute atomic E-state index is 12.5. The van der Waals surface area contributed by atoms with Gasteiger partial charge in [0.2, 0.25) is 0 Å². The molecule has 1 heterocycles. The molecule has 0 bridgehead atoms. The molecular weight excluding hydrogens is 212 g/mol. The molecule has 1 saturated carbocycles. The van der Waals surface area contributed by atoms with Gasteiger partial charge < -0.3 is 0 Å². The molecule has 1 aromatic heterocycles. The van der Waals surface area contributed by atoms with Gasteiger partial charge in [0.05, 0.1) is 11.8 Å². The third kappa shape index (κ3) is 2.59. The van der Waals surface area contributed by atoms with Crippen molar-refractivity contribution < 1.29 is 4.79 Å². The van der Waals surface area contributed by atoms with Gasteiger partial charge in [-0.3, -0.25) is 9.48 Å². The van der Waals surface area contributed by atoms with Gasteiger partial charge in [0.15, 0.2) is 5.78 Å². The summed E-state index contributed by atoms with van der Waals surface area (Å²) in [7, 11) is 0. The van der Waals surface area contributed by atoms with E-state index in [0.717, 1.165) is 31.4 Å². The Bertz CT molecular complexity index is 389. The lowest BCUT2D eigenvalue weighted by Crippen LogP contribution is -2.30. The summed E-state index contributed by atoms with van der Waals surface area (Å²) in [6.07, 6.45) is 10.4. The smallest absolute Gasteiger partial charge is 0.171 e. The second-order valence-electron chi connectivity index (χ2n) is 5.44. The second kappa shape index (κ2) is 5.03. The normalized spacial score (nSPS) is 19.2. The van der Waals surface area contributed by atoms with Gasteiger partial charge in [-0.1, -0.05) is 33.1 Å². The molecule has 0 aromatic carbocycles. The van der Waals surface area contributed by atoms with Crippen molar-refractivity contribution in [2.75, 3.05) is 0 Å². The number of ketones is 1. The molecule has 0 N–H and O–H groups in total. The van der Waals surface area contributed by atoms with Crippen LogP contribution in [-0.4, -0.2) is 15.6 Å². The van der Waals surface area contributed by atoms with Crippen molar-refractivity contribution in [2.24, 2.45) is 5.41 Å². The van der Waals surface area contributed by atoms with Gasteiger partial charge in [0, 0.05) is 18.2 Å². The highest BCUT2D eigenvalue weighted by molar-refractivity contribution is 5.99. The lowest BCUT2D eigenvalue weighted by Gasteiger charge is -2.31. The zero-order chi connectivity index (χ0) is 12.3. The minimum atomic E-state index is -0.141. The molecular formula is C14H22N2O. The summed E-state index contributed by atoms with van der Waals surface area (Å²) >= 11 is 0. The molecule has 1 aliphatic carbocycles. The van der Waals surface area contributed by atoms with Crippen LogP contribution in [0.3, 0.4) is 0 Å². The first kappa shape index (κ1) is 12.3. The van der Waals surface area contributed by atoms with Gasteiger partial charge in [0.25, 0.3) is 0 Å². The van der Waals surface area contributed by atoms with E-state index in [4.69, 9.17) is 0 Å². The minimum Gasteiger partial charge on any atom is -0.293 e. The summed E-state index contributed by atoms with van der Waals surface area (Å²) < 4.78 is 1.87. The molecule has 17 heavy (non-hydrogen) atoms. The van der Waals surface area contributed by atoms with Crippen LogP contribution < -0.4 is 0 Å².